The molecule has 0 amide bonds. The van der Waals surface area contributed by atoms with Crippen LogP contribution in [-0.4, -0.2) is 57.4 Å². The van der Waals surface area contributed by atoms with Crippen molar-refractivity contribution in [3.8, 4) is 90.6 Å². The Bertz CT molecular complexity index is 8350. The van der Waals surface area contributed by atoms with E-state index in [2.05, 4.69) is 283 Å². The van der Waals surface area contributed by atoms with Crippen molar-refractivity contribution in [1.29, 1.82) is 0 Å². The zero-order chi connectivity index (χ0) is 82.9. The number of rotatable bonds is 10. The summed E-state index contributed by atoms with van der Waals surface area (Å²) in [5, 5.41) is 13.6. The van der Waals surface area contributed by atoms with Crippen LogP contribution in [0.15, 0.2) is 382 Å². The fourth-order valence-electron chi connectivity index (χ4n) is 17.6. The summed E-state index contributed by atoms with van der Waals surface area (Å²) >= 11 is 6.29. The molecule has 16 aromatic carbocycles. The molecule has 0 aliphatic carbocycles. The molecule has 590 valence electrons. The second-order valence-corrected chi connectivity index (χ2v) is 32.7. The van der Waals surface area contributed by atoms with Gasteiger partial charge in [0.05, 0.1) is 33.3 Å². The van der Waals surface area contributed by atoms with Gasteiger partial charge in [-0.1, -0.05) is 261 Å². The molecular formula is C108H72BClN8O6. The summed E-state index contributed by atoms with van der Waals surface area (Å²) < 4.78 is 42.6. The Kier molecular flexibility index (Phi) is 17.5. The average Bonchev–Trinajstić information content (AvgIpc) is 1.60. The lowest BCUT2D eigenvalue weighted by atomic mass is 9.79. The van der Waals surface area contributed by atoms with Gasteiger partial charge in [-0.15, -0.1) is 0 Å². The summed E-state index contributed by atoms with van der Waals surface area (Å²) in [5.74, 6) is 2.88. The van der Waals surface area contributed by atoms with E-state index in [1.807, 2.05) is 127 Å². The van der Waals surface area contributed by atoms with E-state index in [0.29, 0.717) is 29.1 Å². The molecule has 14 nitrogen and oxygen atoms in total. The summed E-state index contributed by atoms with van der Waals surface area (Å²) in [5.41, 5.74) is 22.3. The molecule has 124 heavy (non-hydrogen) atoms. The third-order valence-electron chi connectivity index (χ3n) is 24.4. The highest BCUT2D eigenvalue weighted by molar-refractivity contribution is 6.62. The summed E-state index contributed by atoms with van der Waals surface area (Å²) in [4.78, 5) is 28.7. The lowest BCUT2D eigenvalue weighted by molar-refractivity contribution is 0.00578. The molecule has 25 rings (SSSR count). The number of hydrogen-bond acceptors (Lipinski definition) is 12. The number of fused-ring (bicyclic) bond motifs is 18. The number of nitrogens with zero attached hydrogens (tertiary/aromatic N) is 8. The highest BCUT2D eigenvalue weighted by Gasteiger charge is 2.52. The molecule has 0 spiro atoms. The Hall–Kier alpha value is -15.4. The van der Waals surface area contributed by atoms with Gasteiger partial charge in [-0.25, -0.2) is 19.9 Å². The predicted molar refractivity (Wildman–Crippen MR) is 503 cm³/mol. The van der Waals surface area contributed by atoms with Crippen LogP contribution in [0.2, 0.25) is 5.28 Å². The van der Waals surface area contributed by atoms with E-state index < -0.39 is 7.12 Å². The third kappa shape index (κ3) is 12.7. The molecule has 9 heterocycles. The first-order chi connectivity index (χ1) is 60.8. The number of benzene rings is 16. The van der Waals surface area contributed by atoms with Gasteiger partial charge in [-0.05, 0) is 159 Å². The molecule has 1 aliphatic heterocycles. The zero-order valence-electron chi connectivity index (χ0n) is 67.6. The number of hydrogen-bond donors (Lipinski definition) is 0. The van der Waals surface area contributed by atoms with Gasteiger partial charge in [0, 0.05) is 115 Å². The van der Waals surface area contributed by atoms with Crippen LogP contribution in [0.4, 0.5) is 0 Å². The predicted octanol–water partition coefficient (Wildman–Crippen LogP) is 27.8. The Morgan fingerprint density at radius 3 is 1.01 bits per heavy atom. The molecule has 24 aromatic rings. The number of aromatic nitrogens is 8. The highest BCUT2D eigenvalue weighted by atomic mass is 35.5. The van der Waals surface area contributed by atoms with Crippen molar-refractivity contribution in [2.24, 2.45) is 0 Å². The van der Waals surface area contributed by atoms with Crippen LogP contribution in [-0.2, 0) is 9.31 Å². The highest BCUT2D eigenvalue weighted by Crippen LogP contribution is 2.45. The molecule has 0 radical (unpaired) electrons. The van der Waals surface area contributed by atoms with Gasteiger partial charge in [0.15, 0.2) is 29.1 Å². The summed E-state index contributed by atoms with van der Waals surface area (Å²) in [6.45, 7) is 8.27. The lowest BCUT2D eigenvalue weighted by Gasteiger charge is -2.32. The standard InChI is InChI=1S/C51H30N4O2.C30H25BO4.C27H17ClN4/c1-3-12-31(13-4-1)49-52-50(33-23-25-38-37-16-7-9-20-43(37)55(44(38)28-33)35-14-5-2-6-15-35)54-51(53-49)34-24-27-41-40-26-22-32(29-46(40)56-47(41)30-34)36-18-11-19-42-39-17-8-10-21-45(39)57-48(36)42;1-29(2)30(3,4)35-31(34-29)19-13-15-23-22-14-12-18(16-26(22)32-27(23)17-19)20-9-7-10-24-21-8-5-6-11-25(21)33-28(20)24;28-27-30-25(18-9-3-1-4-10-18)29-26(31-27)19-15-16-22-21-13-7-8-14-23(21)32(24(22)17-19)20-11-5-2-6-12-20/h1-30H;5-17H,1-4H3;1-17H. The smallest absolute Gasteiger partial charge is 0.456 e. The Labute approximate surface area is 715 Å². The maximum atomic E-state index is 6.61. The first-order valence-corrected chi connectivity index (χ1v) is 41.8. The average molecular weight is 1620 g/mol. The van der Waals surface area contributed by atoms with Gasteiger partial charge in [-0.2, -0.15) is 9.97 Å². The third-order valence-corrected chi connectivity index (χ3v) is 24.6. The van der Waals surface area contributed by atoms with Crippen LogP contribution >= 0.6 is 11.6 Å². The number of furan rings is 4. The van der Waals surface area contributed by atoms with E-state index >= 15 is 0 Å². The van der Waals surface area contributed by atoms with Crippen LogP contribution in [0.5, 0.6) is 0 Å². The first-order valence-electron chi connectivity index (χ1n) is 41.4. The zero-order valence-corrected chi connectivity index (χ0v) is 68.4. The molecule has 0 N–H and O–H groups in total. The second-order valence-electron chi connectivity index (χ2n) is 32.4. The minimum Gasteiger partial charge on any atom is -0.456 e. The minimum atomic E-state index is -0.418. The van der Waals surface area contributed by atoms with Gasteiger partial charge in [0.2, 0.25) is 5.28 Å². The van der Waals surface area contributed by atoms with Crippen molar-refractivity contribution in [1.82, 2.24) is 39.0 Å². The van der Waals surface area contributed by atoms with Gasteiger partial charge in [-0.3, -0.25) is 0 Å². The van der Waals surface area contributed by atoms with E-state index in [0.717, 1.165) is 177 Å². The van der Waals surface area contributed by atoms with Gasteiger partial charge >= 0.3 is 7.12 Å². The molecule has 8 aromatic heterocycles. The molecule has 1 aliphatic rings. The van der Waals surface area contributed by atoms with Crippen molar-refractivity contribution in [3.63, 3.8) is 0 Å². The second kappa shape index (κ2) is 29.5. The van der Waals surface area contributed by atoms with Crippen LogP contribution in [0.1, 0.15) is 27.7 Å². The van der Waals surface area contributed by atoms with Crippen molar-refractivity contribution < 1.29 is 27.0 Å². The van der Waals surface area contributed by atoms with Gasteiger partial charge in [0.1, 0.15) is 44.7 Å². The van der Waals surface area contributed by atoms with Crippen molar-refractivity contribution in [2.75, 3.05) is 0 Å². The SMILES string of the molecule is CC1(C)OB(c2ccc3c(c2)oc2cc(-c4cccc5c4oc4ccccc45)ccc23)OC1(C)C.Clc1nc(-c2ccccc2)nc(-c2ccc3c4ccccc4n(-c4ccccc4)c3c2)n1.c1ccc(-c2nc(-c3ccc4c(c3)oc3cc(-c5cccc6c5oc5ccccc56)ccc34)nc(-c3ccc4c5ccccc5n(-c5ccccc5)c4c3)n2)cc1. The molecule has 0 unspecified atom stereocenters. The molecule has 1 fully saturated rings. The molecular weight excluding hydrogens is 1550 g/mol. The molecule has 0 atom stereocenters. The quantitative estimate of drug-likeness (QED) is 0.120. The minimum absolute atomic E-state index is 0.178. The van der Waals surface area contributed by atoms with Crippen LogP contribution in [0.25, 0.3) is 222 Å². The molecule has 0 saturated carbocycles. The monoisotopic (exact) mass is 1620 g/mol. The fraction of sp³-hybridized carbons (Fsp3) is 0.0556. The Morgan fingerprint density at radius 2 is 0.556 bits per heavy atom. The lowest BCUT2D eigenvalue weighted by Crippen LogP contribution is -2.41. The van der Waals surface area contributed by atoms with Crippen LogP contribution < -0.4 is 5.46 Å². The van der Waals surface area contributed by atoms with E-state index in [9.17, 15) is 0 Å². The summed E-state index contributed by atoms with van der Waals surface area (Å²) in [6, 6.07) is 125. The largest absolute Gasteiger partial charge is 0.494 e. The fourth-order valence-corrected chi connectivity index (χ4v) is 17.8. The first kappa shape index (κ1) is 73.7. The van der Waals surface area contributed by atoms with Crippen molar-refractivity contribution in [2.45, 2.75) is 38.9 Å². The van der Waals surface area contributed by atoms with E-state index in [-0.39, 0.29) is 16.5 Å². The van der Waals surface area contributed by atoms with Gasteiger partial charge < -0.3 is 36.1 Å². The van der Waals surface area contributed by atoms with Gasteiger partial charge in [0.25, 0.3) is 0 Å². The Morgan fingerprint density at radius 1 is 0.242 bits per heavy atom. The molecule has 0 bridgehead atoms. The maximum Gasteiger partial charge on any atom is 0.494 e. The molecule has 1 saturated heterocycles. The molecule has 16 heteroatoms. The number of para-hydroxylation sites is 8. The summed E-state index contributed by atoms with van der Waals surface area (Å²) in [7, 11) is -0.418. The maximum absolute atomic E-state index is 6.61. The van der Waals surface area contributed by atoms with Crippen LogP contribution in [0.3, 0.4) is 0 Å². The van der Waals surface area contributed by atoms with E-state index in [1.54, 1.807) is 0 Å². The topological polar surface area (TPSA) is 158 Å². The van der Waals surface area contributed by atoms with E-state index in [4.69, 9.17) is 58.5 Å². The van der Waals surface area contributed by atoms with Crippen molar-refractivity contribution in [3.05, 3.63) is 369 Å². The number of halogens is 1. The normalized spacial score (nSPS) is 13.2. The summed E-state index contributed by atoms with van der Waals surface area (Å²) in [6.07, 6.45) is 0. The van der Waals surface area contributed by atoms with E-state index in [1.165, 1.54) is 21.5 Å². The van der Waals surface area contributed by atoms with Crippen molar-refractivity contribution >= 4 is 156 Å². The van der Waals surface area contributed by atoms with Crippen LogP contribution in [0, 0.1) is 0 Å². The Balaban J connectivity index is 0.000000114.